The van der Waals surface area contributed by atoms with Crippen molar-refractivity contribution >= 4 is 28.6 Å². The number of nitrogens with zero attached hydrogens (tertiary/aromatic N) is 1. The predicted molar refractivity (Wildman–Crippen MR) is 87.8 cm³/mol. The number of hydrogen-bond acceptors (Lipinski definition) is 3. The standard InChI is InChI=1S/C19H17NO4/c21-17-14-9-11-5-1-2-6-12(11)10-15(14)18(22)20(17)16-8-4-3-7-13(16)19(23)24/h1-2,5-6,9-10,13,16H,3-4,7-8H2,(H,23,24)/t13-,16-/m1/s1. The summed E-state index contributed by atoms with van der Waals surface area (Å²) in [5, 5.41) is 11.3. The third kappa shape index (κ3) is 2.12. The summed E-state index contributed by atoms with van der Waals surface area (Å²) in [6, 6.07) is 10.5. The number of rotatable bonds is 2. The summed E-state index contributed by atoms with van der Waals surface area (Å²) >= 11 is 0. The molecule has 2 aromatic rings. The van der Waals surface area contributed by atoms with Crippen LogP contribution in [-0.4, -0.2) is 33.8 Å². The van der Waals surface area contributed by atoms with E-state index in [1.807, 2.05) is 24.3 Å². The smallest absolute Gasteiger partial charge is 0.308 e. The second-order valence-corrected chi connectivity index (χ2v) is 6.52. The van der Waals surface area contributed by atoms with Crippen molar-refractivity contribution in [2.24, 2.45) is 5.92 Å². The van der Waals surface area contributed by atoms with Crippen LogP contribution in [0, 0.1) is 5.92 Å². The Labute approximate surface area is 138 Å². The van der Waals surface area contributed by atoms with E-state index >= 15 is 0 Å². The Bertz CT molecular complexity index is 818. The molecule has 1 saturated carbocycles. The van der Waals surface area contributed by atoms with E-state index in [0.717, 1.165) is 23.6 Å². The molecule has 0 spiro atoms. The summed E-state index contributed by atoms with van der Waals surface area (Å²) < 4.78 is 0. The lowest BCUT2D eigenvalue weighted by molar-refractivity contribution is -0.144. The number of amides is 2. The molecule has 0 bridgehead atoms. The van der Waals surface area contributed by atoms with Crippen LogP contribution in [0.4, 0.5) is 0 Å². The van der Waals surface area contributed by atoms with Crippen molar-refractivity contribution in [1.29, 1.82) is 0 Å². The molecule has 5 nitrogen and oxygen atoms in total. The lowest BCUT2D eigenvalue weighted by Gasteiger charge is -2.34. The van der Waals surface area contributed by atoms with Crippen LogP contribution in [0.15, 0.2) is 36.4 Å². The molecule has 1 aliphatic carbocycles. The summed E-state index contributed by atoms with van der Waals surface area (Å²) in [5.41, 5.74) is 0.766. The lowest BCUT2D eigenvalue weighted by Crippen LogP contribution is -2.48. The van der Waals surface area contributed by atoms with Crippen molar-refractivity contribution in [2.45, 2.75) is 31.7 Å². The summed E-state index contributed by atoms with van der Waals surface area (Å²) in [6.07, 6.45) is 2.72. The van der Waals surface area contributed by atoms with Gasteiger partial charge in [0.1, 0.15) is 0 Å². The van der Waals surface area contributed by atoms with Gasteiger partial charge < -0.3 is 5.11 Å². The minimum Gasteiger partial charge on any atom is -0.481 e. The van der Waals surface area contributed by atoms with Gasteiger partial charge in [0.2, 0.25) is 0 Å². The van der Waals surface area contributed by atoms with Crippen molar-refractivity contribution in [3.63, 3.8) is 0 Å². The zero-order valence-electron chi connectivity index (χ0n) is 13.1. The van der Waals surface area contributed by atoms with Crippen molar-refractivity contribution in [3.05, 3.63) is 47.5 Å². The van der Waals surface area contributed by atoms with Gasteiger partial charge >= 0.3 is 5.97 Å². The minimum absolute atomic E-state index is 0.362. The Morgan fingerprint density at radius 3 is 2.04 bits per heavy atom. The maximum Gasteiger partial charge on any atom is 0.308 e. The molecule has 2 amide bonds. The SMILES string of the molecule is O=C(O)[C@@H]1CCCC[C@H]1N1C(=O)c2cc3ccccc3cc2C1=O. The highest BCUT2D eigenvalue weighted by molar-refractivity contribution is 6.23. The topological polar surface area (TPSA) is 74.7 Å². The first-order chi connectivity index (χ1) is 11.6. The number of benzene rings is 2. The fourth-order valence-electron chi connectivity index (χ4n) is 3.96. The molecule has 5 heteroatoms. The molecule has 122 valence electrons. The zero-order chi connectivity index (χ0) is 16.8. The average molecular weight is 323 g/mol. The second kappa shape index (κ2) is 5.44. The van der Waals surface area contributed by atoms with Crippen molar-refractivity contribution in [2.75, 3.05) is 0 Å². The van der Waals surface area contributed by atoms with Gasteiger partial charge in [-0.25, -0.2) is 0 Å². The lowest BCUT2D eigenvalue weighted by atomic mass is 9.83. The van der Waals surface area contributed by atoms with Crippen molar-refractivity contribution < 1.29 is 19.5 Å². The number of carboxylic acids is 1. The van der Waals surface area contributed by atoms with Gasteiger partial charge in [0, 0.05) is 0 Å². The molecule has 0 aromatic heterocycles. The van der Waals surface area contributed by atoms with Crippen molar-refractivity contribution in [1.82, 2.24) is 4.90 Å². The van der Waals surface area contributed by atoms with Gasteiger partial charge in [-0.05, 0) is 35.7 Å². The highest BCUT2D eigenvalue weighted by atomic mass is 16.4. The van der Waals surface area contributed by atoms with E-state index < -0.39 is 17.9 Å². The van der Waals surface area contributed by atoms with Gasteiger partial charge in [-0.2, -0.15) is 0 Å². The summed E-state index contributed by atoms with van der Waals surface area (Å²) in [6.45, 7) is 0. The monoisotopic (exact) mass is 323 g/mol. The fraction of sp³-hybridized carbons (Fsp3) is 0.316. The predicted octanol–water partition coefficient (Wildman–Crippen LogP) is 3.08. The van der Waals surface area contributed by atoms with Gasteiger partial charge in [-0.1, -0.05) is 37.1 Å². The van der Waals surface area contributed by atoms with E-state index in [4.69, 9.17) is 0 Å². The van der Waals surface area contributed by atoms with Crippen LogP contribution in [0.2, 0.25) is 0 Å². The van der Waals surface area contributed by atoms with E-state index in [-0.39, 0.29) is 11.8 Å². The molecular formula is C19H17NO4. The number of carboxylic acid groups (broad SMARTS) is 1. The number of hydrogen-bond donors (Lipinski definition) is 1. The molecule has 2 aliphatic rings. The van der Waals surface area contributed by atoms with Crippen LogP contribution < -0.4 is 0 Å². The molecule has 0 radical (unpaired) electrons. The van der Waals surface area contributed by atoms with Gasteiger partial charge in [-0.3, -0.25) is 19.3 Å². The zero-order valence-corrected chi connectivity index (χ0v) is 13.1. The summed E-state index contributed by atoms with van der Waals surface area (Å²) in [5.74, 6) is -2.32. The van der Waals surface area contributed by atoms with Crippen LogP contribution in [0.5, 0.6) is 0 Å². The number of carbonyl (C=O) groups excluding carboxylic acids is 2. The maximum absolute atomic E-state index is 12.8. The van der Waals surface area contributed by atoms with E-state index in [1.165, 1.54) is 4.90 Å². The quantitative estimate of drug-likeness (QED) is 0.862. The van der Waals surface area contributed by atoms with Crippen LogP contribution >= 0.6 is 0 Å². The summed E-state index contributed by atoms with van der Waals surface area (Å²) in [7, 11) is 0. The first-order valence-electron chi connectivity index (χ1n) is 8.21. The number of imide groups is 1. The highest BCUT2D eigenvalue weighted by Crippen LogP contribution is 2.35. The largest absolute Gasteiger partial charge is 0.481 e. The third-order valence-corrected chi connectivity index (χ3v) is 5.16. The van der Waals surface area contributed by atoms with Gasteiger partial charge in [0.15, 0.2) is 0 Å². The molecule has 24 heavy (non-hydrogen) atoms. The van der Waals surface area contributed by atoms with E-state index in [1.54, 1.807) is 12.1 Å². The van der Waals surface area contributed by atoms with Crippen LogP contribution in [-0.2, 0) is 4.79 Å². The minimum atomic E-state index is -0.929. The van der Waals surface area contributed by atoms with Gasteiger partial charge in [0.25, 0.3) is 11.8 Å². The third-order valence-electron chi connectivity index (χ3n) is 5.16. The van der Waals surface area contributed by atoms with E-state index in [9.17, 15) is 19.5 Å². The second-order valence-electron chi connectivity index (χ2n) is 6.52. The Morgan fingerprint density at radius 2 is 1.50 bits per heavy atom. The summed E-state index contributed by atoms with van der Waals surface area (Å²) in [4.78, 5) is 38.4. The van der Waals surface area contributed by atoms with E-state index in [0.29, 0.717) is 24.0 Å². The molecule has 4 rings (SSSR count). The first-order valence-corrected chi connectivity index (χ1v) is 8.21. The molecule has 2 atom stereocenters. The maximum atomic E-state index is 12.8. The fourth-order valence-corrected chi connectivity index (χ4v) is 3.96. The molecular weight excluding hydrogens is 306 g/mol. The van der Waals surface area contributed by atoms with Crippen LogP contribution in [0.3, 0.4) is 0 Å². The van der Waals surface area contributed by atoms with Gasteiger partial charge in [0.05, 0.1) is 23.1 Å². The highest BCUT2D eigenvalue weighted by Gasteiger charge is 2.45. The molecule has 1 aliphatic heterocycles. The number of carbonyl (C=O) groups is 3. The molecule has 1 N–H and O–H groups in total. The van der Waals surface area contributed by atoms with Crippen LogP contribution in [0.25, 0.3) is 10.8 Å². The van der Waals surface area contributed by atoms with E-state index in [2.05, 4.69) is 0 Å². The Balaban J connectivity index is 1.78. The number of fused-ring (bicyclic) bond motifs is 2. The Hall–Kier alpha value is -2.69. The Morgan fingerprint density at radius 1 is 0.958 bits per heavy atom. The van der Waals surface area contributed by atoms with Crippen molar-refractivity contribution in [3.8, 4) is 0 Å². The molecule has 1 fully saturated rings. The van der Waals surface area contributed by atoms with Crippen LogP contribution in [0.1, 0.15) is 46.4 Å². The first kappa shape index (κ1) is 14.9. The average Bonchev–Trinajstić information content (AvgIpc) is 2.83. The molecule has 0 saturated heterocycles. The Kier molecular flexibility index (Phi) is 3.37. The normalized spacial score (nSPS) is 23.6. The molecule has 1 heterocycles. The molecule has 0 unspecified atom stereocenters. The number of aliphatic carboxylic acids is 1. The molecule has 2 aromatic carbocycles. The van der Waals surface area contributed by atoms with Gasteiger partial charge in [-0.15, -0.1) is 0 Å².